The van der Waals surface area contributed by atoms with Gasteiger partial charge in [-0.15, -0.1) is 0 Å². The highest BCUT2D eigenvalue weighted by Gasteiger charge is 2.19. The van der Waals surface area contributed by atoms with Crippen molar-refractivity contribution in [3.63, 3.8) is 0 Å². The fourth-order valence-electron chi connectivity index (χ4n) is 2.22. The van der Waals surface area contributed by atoms with Gasteiger partial charge in [0, 0.05) is 13.1 Å². The van der Waals surface area contributed by atoms with Crippen molar-refractivity contribution in [3.05, 3.63) is 28.8 Å². The summed E-state index contributed by atoms with van der Waals surface area (Å²) >= 11 is 1.73. The lowest BCUT2D eigenvalue weighted by atomic mass is 10.1. The first kappa shape index (κ1) is 18.5. The zero-order valence-corrected chi connectivity index (χ0v) is 15.1. The molecular weight excluding hydrogens is 304 g/mol. The molecule has 120 valence electrons. The van der Waals surface area contributed by atoms with Gasteiger partial charge in [-0.3, -0.25) is 0 Å². The molecule has 0 saturated carbocycles. The third-order valence-corrected chi connectivity index (χ3v) is 5.83. The molecular formula is C15H26N2O2S2. The Hall–Kier alpha value is -0.560. The van der Waals surface area contributed by atoms with E-state index in [9.17, 15) is 8.42 Å². The normalized spacial score (nSPS) is 13.4. The van der Waals surface area contributed by atoms with Crippen LogP contribution in [0.1, 0.15) is 23.6 Å². The standard InChI is InChI=1S/C15H26N2O2S2/c1-11(10-20-5)8-17-21(18,19)15-7-14(9-16-4)12(2)6-13(15)3/h6-7,11,16-17H,8-10H2,1-5H3. The third-order valence-electron chi connectivity index (χ3n) is 3.36. The molecule has 0 aromatic heterocycles. The Balaban J connectivity index is 2.99. The minimum atomic E-state index is -3.45. The number of benzene rings is 1. The van der Waals surface area contributed by atoms with Crippen LogP contribution >= 0.6 is 11.8 Å². The molecule has 0 bridgehead atoms. The zero-order chi connectivity index (χ0) is 16.0. The summed E-state index contributed by atoms with van der Waals surface area (Å²) in [5.41, 5.74) is 2.91. The zero-order valence-electron chi connectivity index (χ0n) is 13.5. The average Bonchev–Trinajstić information content (AvgIpc) is 2.40. The van der Waals surface area contributed by atoms with Crippen LogP contribution in [0.2, 0.25) is 0 Å². The molecule has 0 saturated heterocycles. The van der Waals surface area contributed by atoms with Crippen molar-refractivity contribution >= 4 is 21.8 Å². The monoisotopic (exact) mass is 330 g/mol. The van der Waals surface area contributed by atoms with Crippen LogP contribution in [0.3, 0.4) is 0 Å². The van der Waals surface area contributed by atoms with Crippen molar-refractivity contribution in [2.75, 3.05) is 25.6 Å². The van der Waals surface area contributed by atoms with Crippen LogP contribution in [-0.2, 0) is 16.6 Å². The van der Waals surface area contributed by atoms with Gasteiger partial charge in [-0.25, -0.2) is 13.1 Å². The number of aryl methyl sites for hydroxylation is 2. The summed E-state index contributed by atoms with van der Waals surface area (Å²) in [4.78, 5) is 0.384. The molecule has 1 unspecified atom stereocenters. The minimum absolute atomic E-state index is 0.317. The van der Waals surface area contributed by atoms with Gasteiger partial charge in [0.2, 0.25) is 10.0 Å². The molecule has 2 N–H and O–H groups in total. The van der Waals surface area contributed by atoms with Crippen molar-refractivity contribution in [1.82, 2.24) is 10.0 Å². The molecule has 0 spiro atoms. The predicted molar refractivity (Wildman–Crippen MR) is 91.4 cm³/mol. The molecule has 0 amide bonds. The summed E-state index contributed by atoms with van der Waals surface area (Å²) in [5, 5.41) is 3.07. The number of hydrogen-bond acceptors (Lipinski definition) is 4. The number of rotatable bonds is 8. The molecule has 0 fully saturated rings. The lowest BCUT2D eigenvalue weighted by molar-refractivity contribution is 0.562. The number of nitrogens with one attached hydrogen (secondary N) is 2. The van der Waals surface area contributed by atoms with Gasteiger partial charge in [-0.1, -0.05) is 13.0 Å². The van der Waals surface area contributed by atoms with Crippen molar-refractivity contribution in [2.24, 2.45) is 5.92 Å². The highest BCUT2D eigenvalue weighted by atomic mass is 32.2. The molecule has 0 aliphatic heterocycles. The van der Waals surface area contributed by atoms with Crippen molar-refractivity contribution < 1.29 is 8.42 Å². The second-order valence-corrected chi connectivity index (χ2v) is 8.13. The summed E-state index contributed by atoms with van der Waals surface area (Å²) in [7, 11) is -1.59. The van der Waals surface area contributed by atoms with Crippen molar-refractivity contribution in [2.45, 2.75) is 32.2 Å². The van der Waals surface area contributed by atoms with Crippen LogP contribution in [0.4, 0.5) is 0 Å². The molecule has 4 nitrogen and oxygen atoms in total. The Bertz CT molecular complexity index is 571. The maximum absolute atomic E-state index is 12.5. The lowest BCUT2D eigenvalue weighted by Gasteiger charge is -2.15. The molecule has 1 aromatic rings. The van der Waals surface area contributed by atoms with Crippen molar-refractivity contribution in [3.8, 4) is 0 Å². The summed E-state index contributed by atoms with van der Waals surface area (Å²) in [6.45, 7) is 7.03. The second-order valence-electron chi connectivity index (χ2n) is 5.49. The van der Waals surface area contributed by atoms with E-state index in [1.165, 1.54) is 0 Å². The first-order chi connectivity index (χ1) is 9.81. The maximum Gasteiger partial charge on any atom is 0.240 e. The Morgan fingerprint density at radius 2 is 1.90 bits per heavy atom. The summed E-state index contributed by atoms with van der Waals surface area (Å²) in [6, 6.07) is 3.72. The summed E-state index contributed by atoms with van der Waals surface area (Å²) < 4.78 is 27.7. The van der Waals surface area contributed by atoms with E-state index in [0.29, 0.717) is 23.9 Å². The van der Waals surface area contributed by atoms with E-state index in [4.69, 9.17) is 0 Å². The summed E-state index contributed by atoms with van der Waals surface area (Å²) in [5.74, 6) is 1.26. The fraction of sp³-hybridized carbons (Fsp3) is 0.600. The highest BCUT2D eigenvalue weighted by molar-refractivity contribution is 7.98. The quantitative estimate of drug-likeness (QED) is 0.768. The molecule has 0 aliphatic rings. The van der Waals surface area contributed by atoms with E-state index in [0.717, 1.165) is 22.4 Å². The minimum Gasteiger partial charge on any atom is -0.316 e. The first-order valence-corrected chi connectivity index (χ1v) is 9.92. The van der Waals surface area contributed by atoms with E-state index in [1.54, 1.807) is 17.8 Å². The molecule has 1 atom stereocenters. The number of sulfonamides is 1. The number of thioether (sulfide) groups is 1. The van der Waals surface area contributed by atoms with Gasteiger partial charge in [-0.05, 0) is 61.6 Å². The first-order valence-electron chi connectivity index (χ1n) is 7.05. The smallest absolute Gasteiger partial charge is 0.240 e. The van der Waals surface area contributed by atoms with Gasteiger partial charge < -0.3 is 5.32 Å². The Morgan fingerprint density at radius 1 is 1.24 bits per heavy atom. The molecule has 21 heavy (non-hydrogen) atoms. The largest absolute Gasteiger partial charge is 0.316 e. The van der Waals surface area contributed by atoms with E-state index in [1.807, 2.05) is 40.1 Å². The van der Waals surface area contributed by atoms with Gasteiger partial charge >= 0.3 is 0 Å². The van der Waals surface area contributed by atoms with E-state index in [-0.39, 0.29) is 0 Å². The van der Waals surface area contributed by atoms with Gasteiger partial charge in [0.15, 0.2) is 0 Å². The molecule has 1 aromatic carbocycles. The van der Waals surface area contributed by atoms with Crippen LogP contribution in [0.15, 0.2) is 17.0 Å². The molecule has 0 radical (unpaired) electrons. The lowest BCUT2D eigenvalue weighted by Crippen LogP contribution is -2.30. The van der Waals surface area contributed by atoms with E-state index >= 15 is 0 Å². The topological polar surface area (TPSA) is 58.2 Å². The Labute approximate surface area is 133 Å². The molecule has 1 rings (SSSR count). The Morgan fingerprint density at radius 3 is 2.48 bits per heavy atom. The summed E-state index contributed by atoms with van der Waals surface area (Å²) in [6.07, 6.45) is 2.03. The molecule has 0 heterocycles. The second kappa shape index (κ2) is 8.17. The average molecular weight is 331 g/mol. The van der Waals surface area contributed by atoms with E-state index < -0.39 is 10.0 Å². The van der Waals surface area contributed by atoms with Crippen LogP contribution in [0.5, 0.6) is 0 Å². The Kier molecular flexibility index (Phi) is 7.20. The van der Waals surface area contributed by atoms with Crippen LogP contribution < -0.4 is 10.0 Å². The van der Waals surface area contributed by atoms with Crippen LogP contribution in [-0.4, -0.2) is 34.0 Å². The van der Waals surface area contributed by atoms with Gasteiger partial charge in [0.05, 0.1) is 4.90 Å². The number of hydrogen-bond donors (Lipinski definition) is 2. The molecule has 6 heteroatoms. The van der Waals surface area contributed by atoms with Crippen LogP contribution in [0.25, 0.3) is 0 Å². The highest BCUT2D eigenvalue weighted by Crippen LogP contribution is 2.20. The van der Waals surface area contributed by atoms with E-state index in [2.05, 4.69) is 10.0 Å². The van der Waals surface area contributed by atoms with Gasteiger partial charge in [-0.2, -0.15) is 11.8 Å². The predicted octanol–water partition coefficient (Wildman–Crippen LogP) is 2.30. The van der Waals surface area contributed by atoms with Crippen molar-refractivity contribution in [1.29, 1.82) is 0 Å². The molecule has 0 aliphatic carbocycles. The fourth-order valence-corrected chi connectivity index (χ4v) is 4.34. The van der Waals surface area contributed by atoms with Gasteiger partial charge in [0.1, 0.15) is 0 Å². The maximum atomic E-state index is 12.5. The third kappa shape index (κ3) is 5.29. The SMILES string of the molecule is CNCc1cc(S(=O)(=O)NCC(C)CSC)c(C)cc1C. The van der Waals surface area contributed by atoms with Gasteiger partial charge in [0.25, 0.3) is 0 Å². The van der Waals surface area contributed by atoms with Crippen LogP contribution in [0, 0.1) is 19.8 Å².